The monoisotopic (exact) mass is 382 g/mol. The smallest absolute Gasteiger partial charge is 0.123 e. The molecule has 0 aromatic carbocycles. The normalized spacial score (nSPS) is 20.6. The SMILES string of the molecule is O=CC(CBr)CCC(CBr)COC1CCCCC1. The number of rotatable bonds is 9. The van der Waals surface area contributed by atoms with Crippen LogP contribution in [-0.4, -0.2) is 29.7 Å². The summed E-state index contributed by atoms with van der Waals surface area (Å²) in [6.07, 6.45) is 10.0. The van der Waals surface area contributed by atoms with Crippen LogP contribution in [-0.2, 0) is 9.53 Å². The molecule has 1 aliphatic rings. The van der Waals surface area contributed by atoms with Gasteiger partial charge >= 0.3 is 0 Å². The number of aldehydes is 1. The second-order valence-electron chi connectivity index (χ2n) is 5.24. The Balaban J connectivity index is 2.17. The van der Waals surface area contributed by atoms with Crippen molar-refractivity contribution in [1.82, 2.24) is 0 Å². The molecule has 0 radical (unpaired) electrons. The van der Waals surface area contributed by atoms with Crippen LogP contribution < -0.4 is 0 Å². The zero-order chi connectivity index (χ0) is 13.2. The number of halogens is 2. The lowest BCUT2D eigenvalue weighted by Gasteiger charge is -2.24. The first-order chi connectivity index (χ1) is 8.80. The van der Waals surface area contributed by atoms with Gasteiger partial charge in [0.05, 0.1) is 12.7 Å². The van der Waals surface area contributed by atoms with E-state index in [0.29, 0.717) is 12.0 Å². The lowest BCUT2D eigenvalue weighted by molar-refractivity contribution is -0.110. The molecule has 2 atom stereocenters. The van der Waals surface area contributed by atoms with Crippen LogP contribution in [0.25, 0.3) is 0 Å². The molecule has 2 nitrogen and oxygen atoms in total. The second-order valence-corrected chi connectivity index (χ2v) is 6.54. The van der Waals surface area contributed by atoms with Gasteiger partial charge in [-0.05, 0) is 31.6 Å². The lowest BCUT2D eigenvalue weighted by atomic mass is 9.97. The van der Waals surface area contributed by atoms with E-state index in [1.807, 2.05) is 0 Å². The predicted octanol–water partition coefficient (Wildman–Crippen LogP) is 4.34. The summed E-state index contributed by atoms with van der Waals surface area (Å²) >= 11 is 6.93. The van der Waals surface area contributed by atoms with E-state index in [1.165, 1.54) is 32.1 Å². The molecule has 18 heavy (non-hydrogen) atoms. The maximum absolute atomic E-state index is 10.8. The van der Waals surface area contributed by atoms with Crippen LogP contribution >= 0.6 is 31.9 Å². The van der Waals surface area contributed by atoms with Gasteiger partial charge in [0, 0.05) is 16.6 Å². The van der Waals surface area contributed by atoms with Crippen molar-refractivity contribution in [3.8, 4) is 0 Å². The number of hydrogen-bond acceptors (Lipinski definition) is 2. The quantitative estimate of drug-likeness (QED) is 0.437. The zero-order valence-electron chi connectivity index (χ0n) is 11.0. The summed E-state index contributed by atoms with van der Waals surface area (Å²) in [5.74, 6) is 0.689. The van der Waals surface area contributed by atoms with E-state index in [-0.39, 0.29) is 5.92 Å². The van der Waals surface area contributed by atoms with Crippen molar-refractivity contribution in [2.45, 2.75) is 51.0 Å². The van der Waals surface area contributed by atoms with Crippen LogP contribution in [0, 0.1) is 11.8 Å². The molecule has 1 aliphatic carbocycles. The molecule has 0 N–H and O–H groups in total. The van der Waals surface area contributed by atoms with E-state index in [1.54, 1.807) is 0 Å². The van der Waals surface area contributed by atoms with Crippen molar-refractivity contribution < 1.29 is 9.53 Å². The Kier molecular flexibility index (Phi) is 9.60. The Morgan fingerprint density at radius 1 is 1.11 bits per heavy atom. The van der Waals surface area contributed by atoms with Gasteiger partial charge in [0.1, 0.15) is 6.29 Å². The van der Waals surface area contributed by atoms with Gasteiger partial charge < -0.3 is 9.53 Å². The standard InChI is InChI=1S/C14H24Br2O2/c15-8-12(10-17)6-7-13(9-16)11-18-14-4-2-1-3-5-14/h10,12-14H,1-9,11H2. The van der Waals surface area contributed by atoms with Crippen LogP contribution in [0.15, 0.2) is 0 Å². The van der Waals surface area contributed by atoms with Crippen molar-refractivity contribution >= 4 is 38.1 Å². The molecule has 0 bridgehead atoms. The highest BCUT2D eigenvalue weighted by Crippen LogP contribution is 2.22. The van der Waals surface area contributed by atoms with Crippen LogP contribution in [0.3, 0.4) is 0 Å². The number of carbonyl (C=O) groups is 1. The van der Waals surface area contributed by atoms with E-state index in [9.17, 15) is 4.79 Å². The number of carbonyl (C=O) groups excluding carboxylic acids is 1. The first-order valence-electron chi connectivity index (χ1n) is 6.99. The molecule has 0 spiro atoms. The molecule has 0 amide bonds. The highest BCUT2D eigenvalue weighted by atomic mass is 79.9. The van der Waals surface area contributed by atoms with Crippen LogP contribution in [0.1, 0.15) is 44.9 Å². The minimum Gasteiger partial charge on any atom is -0.378 e. The van der Waals surface area contributed by atoms with Crippen molar-refractivity contribution in [2.75, 3.05) is 17.3 Å². The topological polar surface area (TPSA) is 26.3 Å². The van der Waals surface area contributed by atoms with E-state index >= 15 is 0 Å². The fourth-order valence-electron chi connectivity index (χ4n) is 2.34. The van der Waals surface area contributed by atoms with Gasteiger partial charge in [-0.1, -0.05) is 51.1 Å². The van der Waals surface area contributed by atoms with Crippen molar-refractivity contribution in [3.63, 3.8) is 0 Å². The molecule has 106 valence electrons. The minimum atomic E-state index is 0.154. The van der Waals surface area contributed by atoms with Crippen molar-refractivity contribution in [1.29, 1.82) is 0 Å². The first-order valence-corrected chi connectivity index (χ1v) is 9.23. The lowest BCUT2D eigenvalue weighted by Crippen LogP contribution is -2.22. The van der Waals surface area contributed by atoms with Crippen LogP contribution in [0.4, 0.5) is 0 Å². The highest BCUT2D eigenvalue weighted by Gasteiger charge is 2.17. The summed E-state index contributed by atoms with van der Waals surface area (Å²) in [4.78, 5) is 10.8. The van der Waals surface area contributed by atoms with Gasteiger partial charge in [-0.3, -0.25) is 0 Å². The zero-order valence-corrected chi connectivity index (χ0v) is 14.1. The largest absolute Gasteiger partial charge is 0.378 e. The summed E-state index contributed by atoms with van der Waals surface area (Å²) in [7, 11) is 0. The van der Waals surface area contributed by atoms with Crippen molar-refractivity contribution in [3.05, 3.63) is 0 Å². The molecule has 1 rings (SSSR count). The van der Waals surface area contributed by atoms with E-state index in [4.69, 9.17) is 4.74 Å². The number of alkyl halides is 2. The summed E-state index contributed by atoms with van der Waals surface area (Å²) < 4.78 is 6.01. The fraction of sp³-hybridized carbons (Fsp3) is 0.929. The summed E-state index contributed by atoms with van der Waals surface area (Å²) in [5, 5.41) is 1.74. The van der Waals surface area contributed by atoms with Crippen LogP contribution in [0.5, 0.6) is 0 Å². The Morgan fingerprint density at radius 3 is 2.39 bits per heavy atom. The molecule has 0 aliphatic heterocycles. The molecule has 0 aromatic heterocycles. The number of ether oxygens (including phenoxy) is 1. The Bertz CT molecular complexity index is 218. The first kappa shape index (κ1) is 16.6. The highest BCUT2D eigenvalue weighted by molar-refractivity contribution is 9.09. The van der Waals surface area contributed by atoms with E-state index < -0.39 is 0 Å². The van der Waals surface area contributed by atoms with Gasteiger partial charge in [0.2, 0.25) is 0 Å². The van der Waals surface area contributed by atoms with E-state index in [0.717, 1.165) is 36.4 Å². The second kappa shape index (κ2) is 10.4. The predicted molar refractivity (Wildman–Crippen MR) is 82.7 cm³/mol. The van der Waals surface area contributed by atoms with E-state index in [2.05, 4.69) is 31.9 Å². The molecule has 4 heteroatoms. The Hall–Kier alpha value is 0.590. The van der Waals surface area contributed by atoms with Gasteiger partial charge in [-0.15, -0.1) is 0 Å². The molecule has 0 aromatic rings. The molecule has 1 saturated carbocycles. The third-order valence-corrected chi connectivity index (χ3v) is 5.42. The maximum atomic E-state index is 10.8. The third-order valence-electron chi connectivity index (χ3n) is 3.67. The molecular formula is C14H24Br2O2. The molecule has 2 unspecified atom stereocenters. The molecule has 0 heterocycles. The average molecular weight is 384 g/mol. The third kappa shape index (κ3) is 6.67. The summed E-state index contributed by atoms with van der Waals surface area (Å²) in [6, 6.07) is 0. The van der Waals surface area contributed by atoms with Crippen LogP contribution in [0.2, 0.25) is 0 Å². The fourth-order valence-corrected chi connectivity index (χ4v) is 3.33. The van der Waals surface area contributed by atoms with Gasteiger partial charge in [0.15, 0.2) is 0 Å². The average Bonchev–Trinajstić information content (AvgIpc) is 2.44. The number of hydrogen-bond donors (Lipinski definition) is 0. The maximum Gasteiger partial charge on any atom is 0.123 e. The molecule has 0 saturated heterocycles. The van der Waals surface area contributed by atoms with Gasteiger partial charge in [0.25, 0.3) is 0 Å². The Morgan fingerprint density at radius 2 is 1.83 bits per heavy atom. The molecule has 1 fully saturated rings. The molecular weight excluding hydrogens is 360 g/mol. The van der Waals surface area contributed by atoms with Crippen molar-refractivity contribution in [2.24, 2.45) is 11.8 Å². The summed E-state index contributed by atoms with van der Waals surface area (Å²) in [6.45, 7) is 0.837. The van der Waals surface area contributed by atoms with Gasteiger partial charge in [-0.25, -0.2) is 0 Å². The van der Waals surface area contributed by atoms with Gasteiger partial charge in [-0.2, -0.15) is 0 Å². The summed E-state index contributed by atoms with van der Waals surface area (Å²) in [5.41, 5.74) is 0. The Labute approximate surface area is 127 Å². The minimum absolute atomic E-state index is 0.154.